The molecule has 3 amide bonds. The van der Waals surface area contributed by atoms with Crippen LogP contribution in [-0.2, 0) is 4.79 Å². The molecule has 2 atom stereocenters. The van der Waals surface area contributed by atoms with E-state index in [0.717, 1.165) is 24.1 Å². The van der Waals surface area contributed by atoms with E-state index in [1.54, 1.807) is 18.5 Å². The van der Waals surface area contributed by atoms with Crippen LogP contribution in [0.15, 0.2) is 48.8 Å². The van der Waals surface area contributed by atoms with E-state index in [9.17, 15) is 9.59 Å². The molecule has 2 N–H and O–H groups in total. The maximum absolute atomic E-state index is 12.5. The Morgan fingerprint density at radius 3 is 2.81 bits per heavy atom. The van der Waals surface area contributed by atoms with Crippen molar-refractivity contribution >= 4 is 23.3 Å². The van der Waals surface area contributed by atoms with Gasteiger partial charge in [0.25, 0.3) is 0 Å². The molecule has 0 bridgehead atoms. The molecule has 2 fully saturated rings. The monoisotopic (exact) mass is 350 g/mol. The molecule has 6 heteroatoms. The zero-order valence-corrected chi connectivity index (χ0v) is 14.7. The van der Waals surface area contributed by atoms with Crippen molar-refractivity contribution in [3.05, 3.63) is 54.4 Å². The molecule has 1 aliphatic heterocycles. The second-order valence-corrected chi connectivity index (χ2v) is 7.32. The number of anilines is 2. The first-order valence-corrected chi connectivity index (χ1v) is 8.89. The summed E-state index contributed by atoms with van der Waals surface area (Å²) in [5.74, 6) is -0.00146. The standard InChI is InChI=1S/C20H22N4O2/c1-14-4-2-5-15(10-14)23-19(26)24-9-7-20(13-24)11-17(20)18(25)22-16-6-3-8-21-12-16/h2-6,8,10,12,17H,7,9,11,13H2,1H3,(H,22,25)(H,23,26). The summed E-state index contributed by atoms with van der Waals surface area (Å²) >= 11 is 0. The molecular formula is C20H22N4O2. The minimum Gasteiger partial charge on any atom is -0.324 e. The zero-order valence-electron chi connectivity index (χ0n) is 14.7. The van der Waals surface area contributed by atoms with Gasteiger partial charge in [-0.1, -0.05) is 12.1 Å². The van der Waals surface area contributed by atoms with E-state index in [-0.39, 0.29) is 23.3 Å². The van der Waals surface area contributed by atoms with E-state index in [0.29, 0.717) is 18.8 Å². The minimum absolute atomic E-state index is 0.0268. The number of aromatic nitrogens is 1. The molecule has 2 aliphatic rings. The number of nitrogens with zero attached hydrogens (tertiary/aromatic N) is 2. The maximum atomic E-state index is 12.5. The number of amides is 3. The van der Waals surface area contributed by atoms with Crippen LogP contribution in [0.2, 0.25) is 0 Å². The summed E-state index contributed by atoms with van der Waals surface area (Å²) in [6.45, 7) is 3.32. The van der Waals surface area contributed by atoms with Gasteiger partial charge in [-0.15, -0.1) is 0 Å². The number of carbonyl (C=O) groups excluding carboxylic acids is 2. The smallest absolute Gasteiger partial charge is 0.321 e. The number of nitrogens with one attached hydrogen (secondary N) is 2. The van der Waals surface area contributed by atoms with E-state index >= 15 is 0 Å². The van der Waals surface area contributed by atoms with Gasteiger partial charge in [0.15, 0.2) is 0 Å². The van der Waals surface area contributed by atoms with Crippen molar-refractivity contribution in [2.45, 2.75) is 19.8 Å². The Kier molecular flexibility index (Phi) is 4.11. The molecule has 2 heterocycles. The van der Waals surface area contributed by atoms with Gasteiger partial charge in [0, 0.05) is 36.3 Å². The average Bonchev–Trinajstić information content (AvgIpc) is 3.16. The third-order valence-electron chi connectivity index (χ3n) is 5.38. The molecule has 26 heavy (non-hydrogen) atoms. The van der Waals surface area contributed by atoms with Gasteiger partial charge in [0.05, 0.1) is 11.9 Å². The Balaban J connectivity index is 1.34. The number of carbonyl (C=O) groups is 2. The Bertz CT molecular complexity index is 839. The number of hydrogen-bond acceptors (Lipinski definition) is 3. The molecule has 0 radical (unpaired) electrons. The summed E-state index contributed by atoms with van der Waals surface area (Å²) in [6.07, 6.45) is 5.03. The first kappa shape index (κ1) is 16.6. The molecule has 6 nitrogen and oxygen atoms in total. The predicted octanol–water partition coefficient (Wildman–Crippen LogP) is 3.27. The largest absolute Gasteiger partial charge is 0.324 e. The Morgan fingerprint density at radius 2 is 2.04 bits per heavy atom. The lowest BCUT2D eigenvalue weighted by atomic mass is 10.0. The van der Waals surface area contributed by atoms with Crippen LogP contribution in [0.1, 0.15) is 18.4 Å². The maximum Gasteiger partial charge on any atom is 0.321 e. The van der Waals surface area contributed by atoms with Crippen molar-refractivity contribution in [1.29, 1.82) is 0 Å². The molecule has 2 unspecified atom stereocenters. The predicted molar refractivity (Wildman–Crippen MR) is 99.8 cm³/mol. The van der Waals surface area contributed by atoms with Crippen LogP contribution in [0, 0.1) is 18.3 Å². The van der Waals surface area contributed by atoms with Gasteiger partial charge >= 0.3 is 6.03 Å². The first-order chi connectivity index (χ1) is 12.6. The fourth-order valence-electron chi connectivity index (χ4n) is 3.83. The second kappa shape index (κ2) is 6.44. The lowest BCUT2D eigenvalue weighted by Gasteiger charge is -2.18. The van der Waals surface area contributed by atoms with E-state index in [4.69, 9.17) is 0 Å². The quantitative estimate of drug-likeness (QED) is 0.892. The molecule has 1 aromatic carbocycles. The van der Waals surface area contributed by atoms with Gasteiger partial charge in [-0.2, -0.15) is 0 Å². The van der Waals surface area contributed by atoms with Gasteiger partial charge in [-0.05, 0) is 49.6 Å². The summed E-state index contributed by atoms with van der Waals surface area (Å²) in [6, 6.07) is 11.3. The zero-order chi connectivity index (χ0) is 18.1. The van der Waals surface area contributed by atoms with Crippen LogP contribution in [0.3, 0.4) is 0 Å². The number of benzene rings is 1. The normalized spacial score (nSPS) is 23.7. The van der Waals surface area contributed by atoms with Gasteiger partial charge in [-0.3, -0.25) is 9.78 Å². The second-order valence-electron chi connectivity index (χ2n) is 7.32. The Morgan fingerprint density at radius 1 is 1.19 bits per heavy atom. The van der Waals surface area contributed by atoms with Gasteiger partial charge < -0.3 is 15.5 Å². The third kappa shape index (κ3) is 3.27. The number of urea groups is 1. The fourth-order valence-corrected chi connectivity index (χ4v) is 3.83. The van der Waals surface area contributed by atoms with E-state index in [1.165, 1.54) is 0 Å². The summed E-state index contributed by atoms with van der Waals surface area (Å²) in [4.78, 5) is 30.8. The molecule has 1 saturated carbocycles. The SMILES string of the molecule is Cc1cccc(NC(=O)N2CCC3(CC3C(=O)Nc3cccnc3)C2)c1. The van der Waals surface area contributed by atoms with Crippen molar-refractivity contribution in [2.75, 3.05) is 23.7 Å². The lowest BCUT2D eigenvalue weighted by molar-refractivity contribution is -0.118. The number of pyridine rings is 1. The number of likely N-dealkylation sites (tertiary alicyclic amines) is 1. The number of aryl methyl sites for hydroxylation is 1. The molecule has 1 aromatic heterocycles. The molecule has 1 spiro atoms. The summed E-state index contributed by atoms with van der Waals surface area (Å²) in [7, 11) is 0. The van der Waals surface area contributed by atoms with Crippen molar-refractivity contribution in [3.63, 3.8) is 0 Å². The van der Waals surface area contributed by atoms with Crippen LogP contribution >= 0.6 is 0 Å². The van der Waals surface area contributed by atoms with E-state index in [2.05, 4.69) is 15.6 Å². The summed E-state index contributed by atoms with van der Waals surface area (Å²) in [5, 5.41) is 5.88. The van der Waals surface area contributed by atoms with Crippen molar-refractivity contribution in [1.82, 2.24) is 9.88 Å². The fraction of sp³-hybridized carbons (Fsp3) is 0.350. The Labute approximate surface area is 152 Å². The number of rotatable bonds is 3. The summed E-state index contributed by atoms with van der Waals surface area (Å²) < 4.78 is 0. The van der Waals surface area contributed by atoms with Crippen molar-refractivity contribution in [2.24, 2.45) is 11.3 Å². The first-order valence-electron chi connectivity index (χ1n) is 8.89. The third-order valence-corrected chi connectivity index (χ3v) is 5.38. The molecule has 1 saturated heterocycles. The van der Waals surface area contributed by atoms with E-state index in [1.807, 2.05) is 42.2 Å². The van der Waals surface area contributed by atoms with Gasteiger partial charge in [0.2, 0.25) is 5.91 Å². The van der Waals surface area contributed by atoms with Crippen molar-refractivity contribution < 1.29 is 9.59 Å². The highest BCUT2D eigenvalue weighted by Crippen LogP contribution is 2.58. The molecule has 4 rings (SSSR count). The number of hydrogen-bond donors (Lipinski definition) is 2. The van der Waals surface area contributed by atoms with Gasteiger partial charge in [0.1, 0.15) is 0 Å². The Hall–Kier alpha value is -2.89. The van der Waals surface area contributed by atoms with Crippen LogP contribution in [0.4, 0.5) is 16.2 Å². The average molecular weight is 350 g/mol. The lowest BCUT2D eigenvalue weighted by Crippen LogP contribution is -2.33. The van der Waals surface area contributed by atoms with E-state index < -0.39 is 0 Å². The summed E-state index contributed by atoms with van der Waals surface area (Å²) in [5.41, 5.74) is 2.57. The van der Waals surface area contributed by atoms with Crippen molar-refractivity contribution in [3.8, 4) is 0 Å². The van der Waals surface area contributed by atoms with Gasteiger partial charge in [-0.25, -0.2) is 4.79 Å². The van der Waals surface area contributed by atoms with Crippen LogP contribution in [0.25, 0.3) is 0 Å². The van der Waals surface area contributed by atoms with Crippen LogP contribution in [0.5, 0.6) is 0 Å². The topological polar surface area (TPSA) is 74.3 Å². The van der Waals surface area contributed by atoms with Crippen LogP contribution < -0.4 is 10.6 Å². The molecule has 1 aliphatic carbocycles. The highest BCUT2D eigenvalue weighted by atomic mass is 16.2. The highest BCUT2D eigenvalue weighted by molar-refractivity contribution is 5.95. The molecule has 134 valence electrons. The minimum atomic E-state index is -0.0919. The van der Waals surface area contributed by atoms with Crippen LogP contribution in [-0.4, -0.2) is 34.9 Å². The molecular weight excluding hydrogens is 328 g/mol. The highest BCUT2D eigenvalue weighted by Gasteiger charge is 2.61. The molecule has 2 aromatic rings.